The van der Waals surface area contributed by atoms with Gasteiger partial charge in [0.1, 0.15) is 0 Å². The monoisotopic (exact) mass is 168 g/mol. The molecule has 60 valence electrons. The first-order valence-corrected chi connectivity index (χ1v) is 5.18. The molecule has 1 nitrogen and oxygen atoms in total. The number of thiazole rings is 1. The molecule has 1 aromatic heterocycles. The van der Waals surface area contributed by atoms with E-state index in [2.05, 4.69) is 23.1 Å². The molecule has 0 atom stereocenters. The number of rotatable bonds is 2. The number of aromatic nitrogens is 1. The molecule has 2 rings (SSSR count). The lowest BCUT2D eigenvalue weighted by molar-refractivity contribution is -0.705. The van der Waals surface area contributed by atoms with Crippen molar-refractivity contribution in [3.8, 4) is 0 Å². The number of hydrogen-bond acceptors (Lipinski definition) is 1. The molecule has 0 bridgehead atoms. The Hall–Kier alpha value is -0.370. The molecule has 1 heterocycles. The molecule has 0 spiro atoms. The van der Waals surface area contributed by atoms with Crippen molar-refractivity contribution < 1.29 is 4.57 Å². The van der Waals surface area contributed by atoms with E-state index >= 15 is 0 Å². The summed E-state index contributed by atoms with van der Waals surface area (Å²) >= 11 is 1.84. The lowest BCUT2D eigenvalue weighted by atomic mass is 9.85. The first-order valence-electron chi connectivity index (χ1n) is 4.30. The Bertz CT molecular complexity index is 237. The maximum Gasteiger partial charge on any atom is 0.234 e. The predicted octanol–water partition coefficient (Wildman–Crippen LogP) is 2.14. The minimum Gasteiger partial charge on any atom is -0.193 e. The zero-order chi connectivity index (χ0) is 7.68. The first-order chi connectivity index (χ1) is 5.36. The highest BCUT2D eigenvalue weighted by Gasteiger charge is 2.22. The zero-order valence-corrected chi connectivity index (χ0v) is 7.73. The summed E-state index contributed by atoms with van der Waals surface area (Å²) in [4.78, 5) is 0. The van der Waals surface area contributed by atoms with Gasteiger partial charge in [-0.25, -0.2) is 0 Å². The van der Waals surface area contributed by atoms with Crippen LogP contribution in [0.5, 0.6) is 0 Å². The molecule has 1 aliphatic carbocycles. The summed E-state index contributed by atoms with van der Waals surface area (Å²) in [5, 5.41) is 3.62. The summed E-state index contributed by atoms with van der Waals surface area (Å²) in [5.41, 5.74) is 0. The van der Waals surface area contributed by atoms with Gasteiger partial charge in [0.2, 0.25) is 5.01 Å². The van der Waals surface area contributed by atoms with E-state index in [1.54, 1.807) is 0 Å². The van der Waals surface area contributed by atoms with E-state index in [-0.39, 0.29) is 0 Å². The van der Waals surface area contributed by atoms with Gasteiger partial charge in [-0.3, -0.25) is 0 Å². The van der Waals surface area contributed by atoms with E-state index < -0.39 is 0 Å². The third kappa shape index (κ3) is 1.45. The highest BCUT2D eigenvalue weighted by Crippen LogP contribution is 2.26. The Kier molecular flexibility index (Phi) is 1.95. The molecule has 0 saturated heterocycles. The Morgan fingerprint density at radius 1 is 1.64 bits per heavy atom. The van der Waals surface area contributed by atoms with Crippen molar-refractivity contribution >= 4 is 11.3 Å². The molecule has 0 unspecified atom stereocenters. The van der Waals surface area contributed by atoms with Crippen LogP contribution in [-0.2, 0) is 6.54 Å². The molecule has 11 heavy (non-hydrogen) atoms. The van der Waals surface area contributed by atoms with Crippen molar-refractivity contribution in [2.45, 2.75) is 32.7 Å². The second-order valence-electron chi connectivity index (χ2n) is 3.37. The molecule has 1 fully saturated rings. The third-order valence-corrected chi connectivity index (χ3v) is 3.40. The standard InChI is InChI=1S/C9H14NS/c1-8-10(5-6-11-8)7-9-3-2-4-9/h5-6,9H,2-4,7H2,1H3/q+1. The number of aryl methyl sites for hydroxylation is 1. The minimum absolute atomic E-state index is 0.980. The molecule has 1 saturated carbocycles. The van der Waals surface area contributed by atoms with Crippen LogP contribution < -0.4 is 4.57 Å². The van der Waals surface area contributed by atoms with Crippen molar-refractivity contribution in [3.05, 3.63) is 16.6 Å². The summed E-state index contributed by atoms with van der Waals surface area (Å²) in [6.45, 7) is 3.46. The van der Waals surface area contributed by atoms with Gasteiger partial charge in [0.15, 0.2) is 12.7 Å². The topological polar surface area (TPSA) is 3.88 Å². The van der Waals surface area contributed by atoms with E-state index in [4.69, 9.17) is 0 Å². The minimum atomic E-state index is 0.980. The molecule has 0 N–H and O–H groups in total. The van der Waals surface area contributed by atoms with Crippen LogP contribution >= 0.6 is 11.3 Å². The zero-order valence-electron chi connectivity index (χ0n) is 6.92. The van der Waals surface area contributed by atoms with E-state index in [0.717, 1.165) is 5.92 Å². The average molecular weight is 168 g/mol. The average Bonchev–Trinajstić information content (AvgIpc) is 2.27. The quantitative estimate of drug-likeness (QED) is 0.596. The van der Waals surface area contributed by atoms with Crippen molar-refractivity contribution in [1.29, 1.82) is 0 Å². The van der Waals surface area contributed by atoms with Gasteiger partial charge < -0.3 is 0 Å². The number of nitrogens with zero attached hydrogens (tertiary/aromatic N) is 1. The summed E-state index contributed by atoms with van der Waals surface area (Å²) in [6, 6.07) is 0. The van der Waals surface area contributed by atoms with Gasteiger partial charge in [0, 0.05) is 12.8 Å². The van der Waals surface area contributed by atoms with Crippen molar-refractivity contribution in [2.24, 2.45) is 5.92 Å². The summed E-state index contributed by atoms with van der Waals surface area (Å²) in [6.07, 6.45) is 6.55. The normalized spacial score (nSPS) is 18.3. The van der Waals surface area contributed by atoms with Crippen molar-refractivity contribution in [3.63, 3.8) is 0 Å². The molecule has 1 aliphatic rings. The molecule has 1 aromatic rings. The Balaban J connectivity index is 1.99. The van der Waals surface area contributed by atoms with Crippen LogP contribution in [0.25, 0.3) is 0 Å². The van der Waals surface area contributed by atoms with Crippen LogP contribution in [0.4, 0.5) is 0 Å². The summed E-state index contributed by atoms with van der Waals surface area (Å²) in [7, 11) is 0. The highest BCUT2D eigenvalue weighted by molar-refractivity contribution is 7.09. The maximum absolute atomic E-state index is 2.38. The summed E-state index contributed by atoms with van der Waals surface area (Å²) in [5.74, 6) is 0.980. The van der Waals surface area contributed by atoms with E-state index in [1.165, 1.54) is 30.8 Å². The van der Waals surface area contributed by atoms with E-state index in [1.807, 2.05) is 11.3 Å². The van der Waals surface area contributed by atoms with Crippen LogP contribution in [0.15, 0.2) is 11.6 Å². The Morgan fingerprint density at radius 3 is 2.91 bits per heavy atom. The van der Waals surface area contributed by atoms with Gasteiger partial charge in [-0.15, -0.1) is 0 Å². The van der Waals surface area contributed by atoms with E-state index in [0.29, 0.717) is 0 Å². The summed E-state index contributed by atoms with van der Waals surface area (Å²) < 4.78 is 2.38. The highest BCUT2D eigenvalue weighted by atomic mass is 32.1. The fourth-order valence-corrected chi connectivity index (χ4v) is 2.19. The smallest absolute Gasteiger partial charge is 0.193 e. The third-order valence-electron chi connectivity index (χ3n) is 2.56. The predicted molar refractivity (Wildman–Crippen MR) is 46.6 cm³/mol. The molecule has 2 heteroatoms. The van der Waals surface area contributed by atoms with Gasteiger partial charge in [-0.05, 0) is 12.8 Å². The lowest BCUT2D eigenvalue weighted by Crippen LogP contribution is -2.39. The first kappa shape index (κ1) is 7.29. The fourth-order valence-electron chi connectivity index (χ4n) is 1.52. The molecule has 0 aliphatic heterocycles. The van der Waals surface area contributed by atoms with E-state index in [9.17, 15) is 0 Å². The van der Waals surface area contributed by atoms with Gasteiger partial charge in [-0.1, -0.05) is 17.8 Å². The van der Waals surface area contributed by atoms with Crippen LogP contribution in [-0.4, -0.2) is 0 Å². The van der Waals surface area contributed by atoms with Gasteiger partial charge >= 0.3 is 0 Å². The SMILES string of the molecule is Cc1scc[n+]1CC1CCC1. The van der Waals surface area contributed by atoms with Crippen molar-refractivity contribution in [1.82, 2.24) is 0 Å². The van der Waals surface area contributed by atoms with Gasteiger partial charge in [-0.2, -0.15) is 4.57 Å². The fraction of sp³-hybridized carbons (Fsp3) is 0.667. The maximum atomic E-state index is 2.38. The van der Waals surface area contributed by atoms with Crippen molar-refractivity contribution in [2.75, 3.05) is 0 Å². The van der Waals surface area contributed by atoms with Crippen LogP contribution in [0, 0.1) is 12.8 Å². The second-order valence-corrected chi connectivity index (χ2v) is 4.47. The Morgan fingerprint density at radius 2 is 2.45 bits per heavy atom. The Labute approximate surface area is 71.7 Å². The molecule has 0 aromatic carbocycles. The second kappa shape index (κ2) is 2.94. The molecular weight excluding hydrogens is 154 g/mol. The van der Waals surface area contributed by atoms with Gasteiger partial charge in [0.05, 0.1) is 5.38 Å². The van der Waals surface area contributed by atoms with Gasteiger partial charge in [0.25, 0.3) is 0 Å². The van der Waals surface area contributed by atoms with Crippen LogP contribution in [0.3, 0.4) is 0 Å². The molecular formula is C9H14NS+. The lowest BCUT2D eigenvalue weighted by Gasteiger charge is -2.21. The van der Waals surface area contributed by atoms with Crippen LogP contribution in [0.1, 0.15) is 24.3 Å². The number of hydrogen-bond donors (Lipinski definition) is 0. The van der Waals surface area contributed by atoms with Crippen LogP contribution in [0.2, 0.25) is 0 Å². The largest absolute Gasteiger partial charge is 0.234 e. The molecule has 0 amide bonds. The molecule has 0 radical (unpaired) electrons.